The molecule has 0 aliphatic carbocycles. The van der Waals surface area contributed by atoms with Crippen LogP contribution in [0.3, 0.4) is 0 Å². The molecule has 1 fully saturated rings. The van der Waals surface area contributed by atoms with E-state index in [9.17, 15) is 4.79 Å². The molecular formula is C20H20N6O. The monoisotopic (exact) mass is 360 g/mol. The number of aromatic nitrogens is 5. The number of aromatic amines is 2. The van der Waals surface area contributed by atoms with Gasteiger partial charge in [-0.3, -0.25) is 4.79 Å². The van der Waals surface area contributed by atoms with Gasteiger partial charge < -0.3 is 9.88 Å². The lowest BCUT2D eigenvalue weighted by Crippen LogP contribution is -2.39. The minimum Gasteiger partial charge on any atom is -0.342 e. The number of likely N-dealkylation sites (tertiary alicyclic amines) is 1. The Hall–Kier alpha value is -3.22. The summed E-state index contributed by atoms with van der Waals surface area (Å²) < 4.78 is 0. The molecule has 0 radical (unpaired) electrons. The number of nitrogens with zero attached hydrogens (tertiary/aromatic N) is 4. The summed E-state index contributed by atoms with van der Waals surface area (Å²) in [5.74, 6) is 1.66. The molecule has 5 rings (SSSR count). The largest absolute Gasteiger partial charge is 0.342 e. The number of rotatable bonds is 3. The average Bonchev–Trinajstić information content (AvgIpc) is 3.33. The molecule has 136 valence electrons. The quantitative estimate of drug-likeness (QED) is 0.588. The van der Waals surface area contributed by atoms with Gasteiger partial charge in [0.15, 0.2) is 0 Å². The maximum atomic E-state index is 12.8. The van der Waals surface area contributed by atoms with Crippen LogP contribution in [0.25, 0.3) is 22.1 Å². The molecule has 27 heavy (non-hydrogen) atoms. The number of amides is 1. The number of hydrogen-bond acceptors (Lipinski definition) is 4. The van der Waals surface area contributed by atoms with Crippen molar-refractivity contribution in [3.05, 3.63) is 53.9 Å². The molecule has 2 N–H and O–H groups in total. The second-order valence-electron chi connectivity index (χ2n) is 7.17. The zero-order chi connectivity index (χ0) is 18.2. The van der Waals surface area contributed by atoms with Gasteiger partial charge in [0.2, 0.25) is 0 Å². The summed E-state index contributed by atoms with van der Waals surface area (Å²) >= 11 is 0. The van der Waals surface area contributed by atoms with Crippen LogP contribution in [0, 0.1) is 5.92 Å². The smallest absolute Gasteiger partial charge is 0.253 e. The Bertz CT molecular complexity index is 1070. The molecule has 0 bridgehead atoms. The van der Waals surface area contributed by atoms with Crippen LogP contribution < -0.4 is 0 Å². The van der Waals surface area contributed by atoms with Crippen molar-refractivity contribution >= 4 is 28.0 Å². The molecule has 0 saturated carbocycles. The van der Waals surface area contributed by atoms with Crippen LogP contribution in [-0.4, -0.2) is 49.3 Å². The number of fused-ring (bicyclic) bond motifs is 2. The third-order valence-corrected chi connectivity index (χ3v) is 5.39. The van der Waals surface area contributed by atoms with Crippen molar-refractivity contribution < 1.29 is 4.79 Å². The van der Waals surface area contributed by atoms with Gasteiger partial charge in [-0.25, -0.2) is 4.98 Å². The molecule has 7 heteroatoms. The van der Waals surface area contributed by atoms with Crippen molar-refractivity contribution in [1.29, 1.82) is 0 Å². The topological polar surface area (TPSA) is 90.6 Å². The Labute approximate surface area is 155 Å². The van der Waals surface area contributed by atoms with E-state index in [1.165, 1.54) is 0 Å². The summed E-state index contributed by atoms with van der Waals surface area (Å²) in [4.78, 5) is 22.8. The molecule has 3 heterocycles. The van der Waals surface area contributed by atoms with Gasteiger partial charge in [-0.1, -0.05) is 12.1 Å². The maximum Gasteiger partial charge on any atom is 0.253 e. The van der Waals surface area contributed by atoms with E-state index in [-0.39, 0.29) is 5.91 Å². The predicted octanol–water partition coefficient (Wildman–Crippen LogP) is 2.93. The van der Waals surface area contributed by atoms with Crippen molar-refractivity contribution in [3.8, 4) is 0 Å². The standard InChI is InChI=1S/C20H20N6O/c27-20(14-5-6-17-18(12-14)24-25-23-17)26-9-7-13(8-10-26)11-19-21-15-3-1-2-4-16(15)22-19/h1-6,12-13H,7-11H2,(H,21,22)(H,23,24,25). The van der Waals surface area contributed by atoms with Crippen LogP contribution >= 0.6 is 0 Å². The zero-order valence-corrected chi connectivity index (χ0v) is 14.9. The van der Waals surface area contributed by atoms with Crippen LogP contribution in [0.2, 0.25) is 0 Å². The highest BCUT2D eigenvalue weighted by Gasteiger charge is 2.24. The highest BCUT2D eigenvalue weighted by Crippen LogP contribution is 2.23. The summed E-state index contributed by atoms with van der Waals surface area (Å²) in [7, 11) is 0. The summed E-state index contributed by atoms with van der Waals surface area (Å²) in [6.45, 7) is 1.56. The van der Waals surface area contributed by atoms with Crippen molar-refractivity contribution in [2.45, 2.75) is 19.3 Å². The van der Waals surface area contributed by atoms with Crippen molar-refractivity contribution in [1.82, 2.24) is 30.3 Å². The molecule has 7 nitrogen and oxygen atoms in total. The fourth-order valence-electron chi connectivity index (χ4n) is 3.87. The van der Waals surface area contributed by atoms with Gasteiger partial charge in [0.1, 0.15) is 16.9 Å². The first kappa shape index (κ1) is 16.0. The summed E-state index contributed by atoms with van der Waals surface area (Å²) in [5, 5.41) is 10.7. The first-order valence-electron chi connectivity index (χ1n) is 9.30. The van der Waals surface area contributed by atoms with E-state index in [0.717, 1.165) is 60.2 Å². The number of piperidine rings is 1. The number of H-pyrrole nitrogens is 2. The second kappa shape index (κ2) is 6.50. The fraction of sp³-hybridized carbons (Fsp3) is 0.300. The fourth-order valence-corrected chi connectivity index (χ4v) is 3.87. The number of benzene rings is 2. The van der Waals surface area contributed by atoms with Crippen LogP contribution in [0.15, 0.2) is 42.5 Å². The van der Waals surface area contributed by atoms with Crippen molar-refractivity contribution in [2.75, 3.05) is 13.1 Å². The van der Waals surface area contributed by atoms with Gasteiger partial charge in [0, 0.05) is 25.1 Å². The maximum absolute atomic E-state index is 12.8. The van der Waals surface area contributed by atoms with Gasteiger partial charge >= 0.3 is 0 Å². The number of carbonyl (C=O) groups excluding carboxylic acids is 1. The summed E-state index contributed by atoms with van der Waals surface area (Å²) in [6, 6.07) is 13.6. The lowest BCUT2D eigenvalue weighted by Gasteiger charge is -2.31. The number of nitrogens with one attached hydrogen (secondary N) is 2. The molecule has 2 aromatic carbocycles. The molecule has 1 saturated heterocycles. The van der Waals surface area contributed by atoms with E-state index in [0.29, 0.717) is 11.5 Å². The minimum absolute atomic E-state index is 0.0714. The Morgan fingerprint density at radius 1 is 1.04 bits per heavy atom. The molecule has 0 atom stereocenters. The average molecular weight is 360 g/mol. The third kappa shape index (κ3) is 3.05. The van der Waals surface area contributed by atoms with E-state index in [2.05, 4.69) is 31.4 Å². The molecular weight excluding hydrogens is 340 g/mol. The van der Waals surface area contributed by atoms with Gasteiger partial charge in [-0.05, 0) is 49.1 Å². The van der Waals surface area contributed by atoms with E-state index in [4.69, 9.17) is 0 Å². The Morgan fingerprint density at radius 2 is 1.85 bits per heavy atom. The van der Waals surface area contributed by atoms with E-state index < -0.39 is 0 Å². The van der Waals surface area contributed by atoms with Crippen molar-refractivity contribution in [2.24, 2.45) is 5.92 Å². The lowest BCUT2D eigenvalue weighted by molar-refractivity contribution is 0.0690. The van der Waals surface area contributed by atoms with E-state index in [1.807, 2.05) is 41.3 Å². The molecule has 1 aliphatic heterocycles. The van der Waals surface area contributed by atoms with Gasteiger partial charge in [-0.15, -0.1) is 0 Å². The summed E-state index contributed by atoms with van der Waals surface area (Å²) in [6.07, 6.45) is 2.92. The molecule has 1 aliphatic rings. The highest BCUT2D eigenvalue weighted by molar-refractivity contribution is 5.97. The van der Waals surface area contributed by atoms with Crippen LogP contribution in [0.5, 0.6) is 0 Å². The normalized spacial score (nSPS) is 15.6. The van der Waals surface area contributed by atoms with Crippen LogP contribution in [0.4, 0.5) is 0 Å². The number of hydrogen-bond donors (Lipinski definition) is 2. The molecule has 2 aromatic heterocycles. The van der Waals surface area contributed by atoms with Crippen LogP contribution in [0.1, 0.15) is 29.0 Å². The lowest BCUT2D eigenvalue weighted by atomic mass is 9.93. The van der Waals surface area contributed by atoms with Crippen molar-refractivity contribution in [3.63, 3.8) is 0 Å². The minimum atomic E-state index is 0.0714. The number of para-hydroxylation sites is 2. The van der Waals surface area contributed by atoms with Gasteiger partial charge in [0.25, 0.3) is 5.91 Å². The number of carbonyl (C=O) groups is 1. The Kier molecular flexibility index (Phi) is 3.85. The Morgan fingerprint density at radius 3 is 2.70 bits per heavy atom. The Balaban J connectivity index is 1.23. The SMILES string of the molecule is O=C(c1ccc2n[nH]nc2c1)N1CCC(Cc2nc3ccccc3[nH]2)CC1. The highest BCUT2D eigenvalue weighted by atomic mass is 16.2. The van der Waals surface area contributed by atoms with Gasteiger partial charge in [0.05, 0.1) is 11.0 Å². The molecule has 4 aromatic rings. The molecule has 0 spiro atoms. The number of imidazole rings is 1. The molecule has 1 amide bonds. The first-order valence-corrected chi connectivity index (χ1v) is 9.30. The zero-order valence-electron chi connectivity index (χ0n) is 14.9. The van der Waals surface area contributed by atoms with E-state index >= 15 is 0 Å². The van der Waals surface area contributed by atoms with Crippen LogP contribution in [-0.2, 0) is 6.42 Å². The molecule has 0 unspecified atom stereocenters. The second-order valence-corrected chi connectivity index (χ2v) is 7.17. The predicted molar refractivity (Wildman–Crippen MR) is 102 cm³/mol. The van der Waals surface area contributed by atoms with E-state index in [1.54, 1.807) is 0 Å². The third-order valence-electron chi connectivity index (χ3n) is 5.39. The van der Waals surface area contributed by atoms with Gasteiger partial charge in [-0.2, -0.15) is 15.4 Å². The summed E-state index contributed by atoms with van der Waals surface area (Å²) in [5.41, 5.74) is 4.27. The first-order chi connectivity index (χ1) is 13.3.